The molecule has 2 aromatic rings. The van der Waals surface area contributed by atoms with Gasteiger partial charge in [0.15, 0.2) is 0 Å². The van der Waals surface area contributed by atoms with Crippen LogP contribution in [0.4, 0.5) is 5.69 Å². The first-order valence-corrected chi connectivity index (χ1v) is 7.96. The molecule has 0 aliphatic carbocycles. The van der Waals surface area contributed by atoms with Crippen LogP contribution in [-0.4, -0.2) is 13.1 Å². The minimum Gasteiger partial charge on any atom is -0.371 e. The molecule has 1 aliphatic rings. The van der Waals surface area contributed by atoms with Crippen LogP contribution in [0.1, 0.15) is 36.1 Å². The normalized spacial score (nSPS) is 16.2. The van der Waals surface area contributed by atoms with E-state index in [1.807, 2.05) is 0 Å². The van der Waals surface area contributed by atoms with E-state index in [1.54, 1.807) is 0 Å². The number of nitrogens with zero attached hydrogens (tertiary/aromatic N) is 1. The van der Waals surface area contributed by atoms with E-state index in [0.717, 1.165) is 32.4 Å². The van der Waals surface area contributed by atoms with Crippen molar-refractivity contribution in [2.75, 3.05) is 18.0 Å². The van der Waals surface area contributed by atoms with Crippen LogP contribution in [0.25, 0.3) is 0 Å². The summed E-state index contributed by atoms with van der Waals surface area (Å²) < 4.78 is 0. The van der Waals surface area contributed by atoms with Crippen LogP contribution in [0.3, 0.4) is 0 Å². The third kappa shape index (κ3) is 2.96. The molecule has 0 saturated heterocycles. The van der Waals surface area contributed by atoms with Crippen LogP contribution < -0.4 is 10.6 Å². The third-order valence-corrected chi connectivity index (χ3v) is 4.54. The highest BCUT2D eigenvalue weighted by Gasteiger charge is 2.18. The van der Waals surface area contributed by atoms with Crippen molar-refractivity contribution < 1.29 is 0 Å². The van der Waals surface area contributed by atoms with E-state index >= 15 is 0 Å². The van der Waals surface area contributed by atoms with Crippen molar-refractivity contribution in [1.82, 2.24) is 0 Å². The topological polar surface area (TPSA) is 29.3 Å². The summed E-state index contributed by atoms with van der Waals surface area (Å²) >= 11 is 0. The lowest BCUT2D eigenvalue weighted by molar-refractivity contribution is 0.689. The molecule has 1 atom stereocenters. The van der Waals surface area contributed by atoms with E-state index in [2.05, 4.69) is 60.4 Å². The minimum absolute atomic E-state index is 0.131. The summed E-state index contributed by atoms with van der Waals surface area (Å²) in [7, 11) is 0. The van der Waals surface area contributed by atoms with E-state index in [-0.39, 0.29) is 6.04 Å². The van der Waals surface area contributed by atoms with Gasteiger partial charge < -0.3 is 10.6 Å². The Labute approximate surface area is 127 Å². The first kappa shape index (κ1) is 14.2. The molecule has 0 fully saturated rings. The van der Waals surface area contributed by atoms with Crippen molar-refractivity contribution in [1.29, 1.82) is 0 Å². The first-order chi connectivity index (χ1) is 10.3. The predicted octanol–water partition coefficient (Wildman–Crippen LogP) is 3.70. The second-order valence-electron chi connectivity index (χ2n) is 5.83. The predicted molar refractivity (Wildman–Crippen MR) is 89.7 cm³/mol. The lowest BCUT2D eigenvalue weighted by Crippen LogP contribution is -2.28. The van der Waals surface area contributed by atoms with Gasteiger partial charge in [0, 0.05) is 24.8 Å². The summed E-state index contributed by atoms with van der Waals surface area (Å²) in [4.78, 5) is 2.50. The summed E-state index contributed by atoms with van der Waals surface area (Å²) in [5.74, 6) is 0. The lowest BCUT2D eigenvalue weighted by Gasteiger charge is -2.27. The molecule has 2 nitrogen and oxygen atoms in total. The largest absolute Gasteiger partial charge is 0.371 e. The lowest BCUT2D eigenvalue weighted by atomic mass is 10.0. The third-order valence-electron chi connectivity index (χ3n) is 4.54. The highest BCUT2D eigenvalue weighted by atomic mass is 15.1. The molecule has 0 bridgehead atoms. The molecule has 21 heavy (non-hydrogen) atoms. The molecule has 0 spiro atoms. The molecule has 0 saturated carbocycles. The summed E-state index contributed by atoms with van der Waals surface area (Å²) in [6, 6.07) is 17.6. The number of hydrogen-bond donors (Lipinski definition) is 1. The molecular formula is C19H24N2. The Morgan fingerprint density at radius 1 is 0.952 bits per heavy atom. The number of rotatable bonds is 3. The summed E-state index contributed by atoms with van der Waals surface area (Å²) in [5.41, 5.74) is 11.9. The van der Waals surface area contributed by atoms with Gasteiger partial charge >= 0.3 is 0 Å². The molecule has 1 unspecified atom stereocenters. The molecule has 1 aliphatic heterocycles. The molecule has 0 amide bonds. The van der Waals surface area contributed by atoms with E-state index in [0.29, 0.717) is 0 Å². The minimum atomic E-state index is 0.131. The maximum Gasteiger partial charge on any atom is 0.0414 e. The Balaban J connectivity index is 1.86. The van der Waals surface area contributed by atoms with Gasteiger partial charge in [-0.3, -0.25) is 0 Å². The molecular weight excluding hydrogens is 256 g/mol. The Hall–Kier alpha value is -1.80. The Morgan fingerprint density at radius 2 is 1.52 bits per heavy atom. The fourth-order valence-corrected chi connectivity index (χ4v) is 3.22. The monoisotopic (exact) mass is 280 g/mol. The van der Waals surface area contributed by atoms with Crippen LogP contribution in [-0.2, 0) is 12.8 Å². The fourth-order valence-electron chi connectivity index (χ4n) is 3.22. The number of para-hydroxylation sites is 1. The molecule has 110 valence electrons. The second-order valence-corrected chi connectivity index (χ2v) is 5.83. The van der Waals surface area contributed by atoms with Gasteiger partial charge in [-0.25, -0.2) is 0 Å². The van der Waals surface area contributed by atoms with Crippen molar-refractivity contribution in [3.63, 3.8) is 0 Å². The smallest absolute Gasteiger partial charge is 0.0414 e. The van der Waals surface area contributed by atoms with Crippen LogP contribution >= 0.6 is 0 Å². The number of fused-ring (bicyclic) bond motifs is 1. The zero-order valence-corrected chi connectivity index (χ0v) is 12.8. The SMILES string of the molecule is CCC(N)c1ccccc1N1CCc2ccccc2CC1. The van der Waals surface area contributed by atoms with Crippen molar-refractivity contribution in [3.8, 4) is 0 Å². The zero-order valence-electron chi connectivity index (χ0n) is 12.8. The average Bonchev–Trinajstić information content (AvgIpc) is 2.77. The van der Waals surface area contributed by atoms with Gasteiger partial charge in [0.1, 0.15) is 0 Å². The van der Waals surface area contributed by atoms with Crippen LogP contribution in [0, 0.1) is 0 Å². The van der Waals surface area contributed by atoms with Gasteiger partial charge in [-0.05, 0) is 42.0 Å². The van der Waals surface area contributed by atoms with E-state index < -0.39 is 0 Å². The maximum absolute atomic E-state index is 6.30. The van der Waals surface area contributed by atoms with E-state index in [9.17, 15) is 0 Å². The van der Waals surface area contributed by atoms with Crippen LogP contribution in [0.2, 0.25) is 0 Å². The van der Waals surface area contributed by atoms with Crippen molar-refractivity contribution in [2.45, 2.75) is 32.2 Å². The zero-order chi connectivity index (χ0) is 14.7. The van der Waals surface area contributed by atoms with Gasteiger partial charge in [0.2, 0.25) is 0 Å². The number of nitrogens with two attached hydrogens (primary N) is 1. The summed E-state index contributed by atoms with van der Waals surface area (Å²) in [5, 5.41) is 0. The Bertz CT molecular complexity index is 579. The highest BCUT2D eigenvalue weighted by Crippen LogP contribution is 2.28. The van der Waals surface area contributed by atoms with Crippen molar-refractivity contribution in [2.24, 2.45) is 5.73 Å². The quantitative estimate of drug-likeness (QED) is 0.929. The van der Waals surface area contributed by atoms with Gasteiger partial charge in [0.05, 0.1) is 0 Å². The Morgan fingerprint density at radius 3 is 2.14 bits per heavy atom. The maximum atomic E-state index is 6.30. The van der Waals surface area contributed by atoms with Crippen LogP contribution in [0.15, 0.2) is 48.5 Å². The molecule has 2 N–H and O–H groups in total. The number of anilines is 1. The molecule has 3 rings (SSSR count). The molecule has 2 aromatic carbocycles. The van der Waals surface area contributed by atoms with Gasteiger partial charge in [-0.15, -0.1) is 0 Å². The van der Waals surface area contributed by atoms with Gasteiger partial charge in [0.25, 0.3) is 0 Å². The summed E-state index contributed by atoms with van der Waals surface area (Å²) in [6.45, 7) is 4.30. The van der Waals surface area contributed by atoms with Gasteiger partial charge in [-0.1, -0.05) is 49.4 Å². The van der Waals surface area contributed by atoms with E-state index in [1.165, 1.54) is 22.4 Å². The van der Waals surface area contributed by atoms with Crippen molar-refractivity contribution >= 4 is 5.69 Å². The standard InChI is InChI=1S/C19H24N2/c1-2-18(20)17-9-5-6-10-19(17)21-13-11-15-7-3-4-8-16(15)12-14-21/h3-10,18H,2,11-14,20H2,1H3. The van der Waals surface area contributed by atoms with Gasteiger partial charge in [-0.2, -0.15) is 0 Å². The van der Waals surface area contributed by atoms with Crippen LogP contribution in [0.5, 0.6) is 0 Å². The molecule has 0 radical (unpaired) electrons. The number of benzene rings is 2. The van der Waals surface area contributed by atoms with Crippen molar-refractivity contribution in [3.05, 3.63) is 65.2 Å². The molecule has 0 aromatic heterocycles. The second kappa shape index (κ2) is 6.31. The highest BCUT2D eigenvalue weighted by molar-refractivity contribution is 5.55. The Kier molecular flexibility index (Phi) is 4.26. The molecule has 1 heterocycles. The fraction of sp³-hybridized carbons (Fsp3) is 0.368. The average molecular weight is 280 g/mol. The van der Waals surface area contributed by atoms with E-state index in [4.69, 9.17) is 5.73 Å². The first-order valence-electron chi connectivity index (χ1n) is 7.96. The number of hydrogen-bond acceptors (Lipinski definition) is 2. The summed E-state index contributed by atoms with van der Waals surface area (Å²) in [6.07, 6.45) is 3.21. The molecule has 2 heteroatoms.